The van der Waals surface area contributed by atoms with Gasteiger partial charge in [-0.15, -0.1) is 0 Å². The van der Waals surface area contributed by atoms with Crippen LogP contribution in [0.1, 0.15) is 19.5 Å². The normalized spacial score (nSPS) is 10.8. The lowest BCUT2D eigenvalue weighted by molar-refractivity contribution is -0.138. The molecule has 0 aliphatic carbocycles. The number of anilines is 1. The molecule has 1 aromatic heterocycles. The third kappa shape index (κ3) is 6.78. The number of methoxy groups -OCH3 is 1. The lowest BCUT2D eigenvalue weighted by atomic mass is 10.1. The van der Waals surface area contributed by atoms with E-state index in [1.165, 1.54) is 4.90 Å². The van der Waals surface area contributed by atoms with E-state index in [1.807, 2.05) is 75.4 Å². The zero-order chi connectivity index (χ0) is 27.9. The number of nitrogens with zero attached hydrogens (tertiary/aromatic N) is 3. The predicted molar refractivity (Wildman–Crippen MR) is 153 cm³/mol. The monoisotopic (exact) mass is 546 g/mol. The van der Waals surface area contributed by atoms with E-state index in [0.29, 0.717) is 22.3 Å². The molecule has 2 amide bonds. The molecule has 0 saturated carbocycles. The Labute approximate surface area is 233 Å². The molecule has 4 aromatic rings. The van der Waals surface area contributed by atoms with E-state index in [-0.39, 0.29) is 31.0 Å². The van der Waals surface area contributed by atoms with Crippen LogP contribution < -0.4 is 14.8 Å². The zero-order valence-electron chi connectivity index (χ0n) is 22.3. The van der Waals surface area contributed by atoms with Crippen LogP contribution in [0.3, 0.4) is 0 Å². The van der Waals surface area contributed by atoms with Crippen LogP contribution >= 0.6 is 11.6 Å². The van der Waals surface area contributed by atoms with Gasteiger partial charge in [-0.1, -0.05) is 41.9 Å². The fourth-order valence-corrected chi connectivity index (χ4v) is 4.27. The van der Waals surface area contributed by atoms with Crippen molar-refractivity contribution in [1.82, 2.24) is 14.7 Å². The molecule has 0 fully saturated rings. The second kappa shape index (κ2) is 12.5. The van der Waals surface area contributed by atoms with Gasteiger partial charge in [0.1, 0.15) is 23.9 Å². The van der Waals surface area contributed by atoms with Crippen molar-refractivity contribution in [3.05, 3.63) is 89.6 Å². The van der Waals surface area contributed by atoms with E-state index >= 15 is 0 Å². The highest BCUT2D eigenvalue weighted by Crippen LogP contribution is 2.33. The number of hydrogen-bond acceptors (Lipinski definition) is 5. The van der Waals surface area contributed by atoms with Crippen LogP contribution in [-0.2, 0) is 9.59 Å². The summed E-state index contributed by atoms with van der Waals surface area (Å²) in [6.45, 7) is 5.26. The largest absolute Gasteiger partial charge is 0.497 e. The third-order valence-electron chi connectivity index (χ3n) is 6.13. The first kappa shape index (κ1) is 27.7. The van der Waals surface area contributed by atoms with Crippen LogP contribution in [0, 0.1) is 6.92 Å². The molecule has 0 radical (unpaired) electrons. The number of aromatic nitrogens is 2. The number of rotatable bonds is 10. The van der Waals surface area contributed by atoms with Gasteiger partial charge >= 0.3 is 0 Å². The number of ether oxygens (including phenoxy) is 2. The summed E-state index contributed by atoms with van der Waals surface area (Å²) in [7, 11) is 1.61. The van der Waals surface area contributed by atoms with E-state index in [2.05, 4.69) is 5.32 Å². The van der Waals surface area contributed by atoms with Crippen molar-refractivity contribution in [1.29, 1.82) is 0 Å². The summed E-state index contributed by atoms with van der Waals surface area (Å²) in [6.07, 6.45) is 0. The molecule has 0 atom stereocenters. The summed E-state index contributed by atoms with van der Waals surface area (Å²) in [5, 5.41) is 8.34. The quantitative estimate of drug-likeness (QED) is 0.273. The highest BCUT2D eigenvalue weighted by Gasteiger charge is 2.24. The summed E-state index contributed by atoms with van der Waals surface area (Å²) in [4.78, 5) is 27.9. The Morgan fingerprint density at radius 3 is 2.23 bits per heavy atom. The van der Waals surface area contributed by atoms with E-state index in [9.17, 15) is 9.59 Å². The summed E-state index contributed by atoms with van der Waals surface area (Å²) in [5.74, 6) is 1.09. The average Bonchev–Trinajstić information content (AvgIpc) is 3.26. The Morgan fingerprint density at radius 2 is 1.62 bits per heavy atom. The van der Waals surface area contributed by atoms with E-state index in [0.717, 1.165) is 22.5 Å². The summed E-state index contributed by atoms with van der Waals surface area (Å²) < 4.78 is 12.6. The number of carbonyl (C=O) groups excluding carboxylic acids is 2. The topological polar surface area (TPSA) is 85.7 Å². The molecule has 1 N–H and O–H groups in total. The Bertz CT molecular complexity index is 1420. The minimum absolute atomic E-state index is 0.151. The Morgan fingerprint density at radius 1 is 0.974 bits per heavy atom. The fourth-order valence-electron chi connectivity index (χ4n) is 4.15. The molecule has 0 aliphatic rings. The second-order valence-corrected chi connectivity index (χ2v) is 9.63. The molecule has 3 aromatic carbocycles. The molecule has 0 unspecified atom stereocenters. The molecule has 0 aliphatic heterocycles. The molecule has 4 rings (SSSR count). The number of benzene rings is 3. The maximum atomic E-state index is 13.4. The van der Waals surface area contributed by atoms with Gasteiger partial charge in [0, 0.05) is 16.6 Å². The van der Waals surface area contributed by atoms with Crippen LogP contribution in [0.2, 0.25) is 5.02 Å². The van der Waals surface area contributed by atoms with Gasteiger partial charge in [-0.05, 0) is 74.9 Å². The average molecular weight is 547 g/mol. The van der Waals surface area contributed by atoms with Crippen molar-refractivity contribution in [3.63, 3.8) is 0 Å². The van der Waals surface area contributed by atoms with Crippen molar-refractivity contribution in [2.75, 3.05) is 25.6 Å². The third-order valence-corrected chi connectivity index (χ3v) is 6.38. The van der Waals surface area contributed by atoms with Crippen LogP contribution in [0.25, 0.3) is 16.8 Å². The number of amides is 2. The van der Waals surface area contributed by atoms with Crippen molar-refractivity contribution in [2.45, 2.75) is 26.8 Å². The molecular formula is C30H31ClN4O4. The first-order chi connectivity index (χ1) is 18.8. The minimum Gasteiger partial charge on any atom is -0.497 e. The molecule has 9 heteroatoms. The van der Waals surface area contributed by atoms with Crippen LogP contribution in [-0.4, -0.2) is 52.8 Å². The number of hydrogen-bond donors (Lipinski definition) is 1. The van der Waals surface area contributed by atoms with Crippen LogP contribution in [0.5, 0.6) is 11.5 Å². The molecule has 0 bridgehead atoms. The van der Waals surface area contributed by atoms with E-state index in [4.69, 9.17) is 26.2 Å². The molecule has 0 saturated heterocycles. The fraction of sp³-hybridized carbons (Fsp3) is 0.233. The lowest BCUT2D eigenvalue weighted by Gasteiger charge is -2.26. The van der Waals surface area contributed by atoms with Gasteiger partial charge in [0.05, 0.1) is 18.5 Å². The van der Waals surface area contributed by atoms with Gasteiger partial charge in [0.25, 0.3) is 5.91 Å². The Balaban J connectivity index is 1.58. The highest BCUT2D eigenvalue weighted by molar-refractivity contribution is 6.30. The van der Waals surface area contributed by atoms with Crippen molar-refractivity contribution >= 4 is 29.2 Å². The van der Waals surface area contributed by atoms with Gasteiger partial charge in [-0.2, -0.15) is 5.10 Å². The van der Waals surface area contributed by atoms with E-state index in [1.54, 1.807) is 36.1 Å². The van der Waals surface area contributed by atoms with Crippen molar-refractivity contribution in [3.8, 4) is 28.3 Å². The van der Waals surface area contributed by atoms with Crippen molar-refractivity contribution in [2.24, 2.45) is 0 Å². The first-order valence-electron chi connectivity index (χ1n) is 12.5. The van der Waals surface area contributed by atoms with Gasteiger partial charge in [0.2, 0.25) is 5.91 Å². The predicted octanol–water partition coefficient (Wildman–Crippen LogP) is 5.76. The van der Waals surface area contributed by atoms with Gasteiger partial charge < -0.3 is 19.7 Å². The molecule has 39 heavy (non-hydrogen) atoms. The smallest absolute Gasteiger partial charge is 0.261 e. The maximum absolute atomic E-state index is 13.4. The highest BCUT2D eigenvalue weighted by atomic mass is 35.5. The minimum atomic E-state index is -0.351. The lowest BCUT2D eigenvalue weighted by Crippen LogP contribution is -2.44. The van der Waals surface area contributed by atoms with E-state index < -0.39 is 0 Å². The summed E-state index contributed by atoms with van der Waals surface area (Å²) in [5.41, 5.74) is 3.22. The van der Waals surface area contributed by atoms with Crippen LogP contribution in [0.15, 0.2) is 78.9 Å². The summed E-state index contributed by atoms with van der Waals surface area (Å²) >= 11 is 5.92. The van der Waals surface area contributed by atoms with Crippen LogP contribution in [0.4, 0.5) is 5.82 Å². The standard InChI is InChI=1S/C30H31ClN4O4/c1-20(2)34(28(37)19-39-26-14-10-23(31)11-15-26)18-27(36)32-30-29(22-8-6-5-7-9-22)21(3)33-35(30)24-12-16-25(38-4)17-13-24/h5-17,20H,18-19H2,1-4H3,(H,32,36). The summed E-state index contributed by atoms with van der Waals surface area (Å²) in [6, 6.07) is 23.7. The number of carbonyl (C=O) groups is 2. The molecule has 8 nitrogen and oxygen atoms in total. The molecular weight excluding hydrogens is 516 g/mol. The van der Waals surface area contributed by atoms with Crippen molar-refractivity contribution < 1.29 is 19.1 Å². The van der Waals surface area contributed by atoms with Gasteiger partial charge in [-0.25, -0.2) is 4.68 Å². The maximum Gasteiger partial charge on any atom is 0.261 e. The zero-order valence-corrected chi connectivity index (χ0v) is 23.1. The van der Waals surface area contributed by atoms with Gasteiger partial charge in [-0.3, -0.25) is 9.59 Å². The first-order valence-corrected chi connectivity index (χ1v) is 12.9. The molecule has 1 heterocycles. The number of halogens is 1. The second-order valence-electron chi connectivity index (χ2n) is 9.19. The SMILES string of the molecule is COc1ccc(-n2nc(C)c(-c3ccccc3)c2NC(=O)CN(C(=O)COc2ccc(Cl)cc2)C(C)C)cc1. The van der Waals surface area contributed by atoms with Gasteiger partial charge in [0.15, 0.2) is 6.61 Å². The molecule has 202 valence electrons. The number of aryl methyl sites for hydroxylation is 1. The number of nitrogens with one attached hydrogen (secondary N) is 1. The molecule has 0 spiro atoms. The Hall–Kier alpha value is -4.30. The Kier molecular flexibility index (Phi) is 8.88.